The fourth-order valence-electron chi connectivity index (χ4n) is 8.18. The van der Waals surface area contributed by atoms with Crippen molar-refractivity contribution in [2.75, 3.05) is 19.8 Å². The Morgan fingerprint density at radius 3 is 1.00 bits per heavy atom. The van der Waals surface area contributed by atoms with Crippen molar-refractivity contribution in [3.8, 4) is 0 Å². The number of esters is 2. The van der Waals surface area contributed by atoms with Crippen LogP contribution in [-0.4, -0.2) is 37.9 Å². The highest BCUT2D eigenvalue weighted by Crippen LogP contribution is 2.16. The van der Waals surface area contributed by atoms with Gasteiger partial charge in [-0.1, -0.05) is 268 Å². The molecule has 0 radical (unpaired) electrons. The van der Waals surface area contributed by atoms with Crippen molar-refractivity contribution < 1.29 is 23.8 Å². The maximum Gasteiger partial charge on any atom is 0.305 e. The van der Waals surface area contributed by atoms with Crippen LogP contribution in [-0.2, 0) is 23.8 Å². The van der Waals surface area contributed by atoms with Crippen LogP contribution in [0.15, 0.2) is 48.6 Å². The summed E-state index contributed by atoms with van der Waals surface area (Å²) in [6.07, 6.45) is 68.6. The first-order valence-corrected chi connectivity index (χ1v) is 28.2. The Hall–Kier alpha value is -2.14. The lowest BCUT2D eigenvalue weighted by atomic mass is 10.0. The summed E-state index contributed by atoms with van der Waals surface area (Å²) in [5, 5.41) is 0. The van der Waals surface area contributed by atoms with E-state index in [2.05, 4.69) is 69.4 Å². The van der Waals surface area contributed by atoms with E-state index in [1.165, 1.54) is 173 Å². The molecule has 0 aliphatic rings. The van der Waals surface area contributed by atoms with Gasteiger partial charge in [0.2, 0.25) is 0 Å². The van der Waals surface area contributed by atoms with Crippen molar-refractivity contribution in [2.24, 2.45) is 0 Å². The van der Waals surface area contributed by atoms with E-state index < -0.39 is 6.10 Å². The highest BCUT2D eigenvalue weighted by molar-refractivity contribution is 5.69. The molecule has 374 valence electrons. The predicted molar refractivity (Wildman–Crippen MR) is 279 cm³/mol. The zero-order valence-corrected chi connectivity index (χ0v) is 43.1. The molecular formula is C59H108O5. The molecule has 0 saturated heterocycles. The van der Waals surface area contributed by atoms with E-state index >= 15 is 0 Å². The van der Waals surface area contributed by atoms with Gasteiger partial charge in [0.05, 0.1) is 0 Å². The highest BCUT2D eigenvalue weighted by Gasteiger charge is 2.16. The van der Waals surface area contributed by atoms with E-state index in [9.17, 15) is 9.59 Å². The van der Waals surface area contributed by atoms with Crippen molar-refractivity contribution in [1.82, 2.24) is 0 Å². The van der Waals surface area contributed by atoms with Crippen LogP contribution in [0.4, 0.5) is 0 Å². The van der Waals surface area contributed by atoms with Gasteiger partial charge in [-0.05, 0) is 57.8 Å². The van der Waals surface area contributed by atoms with E-state index in [1.807, 2.05) is 0 Å². The number of ether oxygens (including phenoxy) is 3. The monoisotopic (exact) mass is 897 g/mol. The third-order valence-electron chi connectivity index (χ3n) is 12.4. The van der Waals surface area contributed by atoms with Gasteiger partial charge in [-0.25, -0.2) is 0 Å². The molecule has 1 atom stereocenters. The summed E-state index contributed by atoms with van der Waals surface area (Å²) >= 11 is 0. The molecular weight excluding hydrogens is 789 g/mol. The van der Waals surface area contributed by atoms with E-state index in [0.717, 1.165) is 83.5 Å². The van der Waals surface area contributed by atoms with E-state index in [4.69, 9.17) is 14.2 Å². The third-order valence-corrected chi connectivity index (χ3v) is 12.4. The van der Waals surface area contributed by atoms with Gasteiger partial charge < -0.3 is 14.2 Å². The number of rotatable bonds is 52. The molecule has 5 heteroatoms. The van der Waals surface area contributed by atoms with Gasteiger partial charge in [-0.3, -0.25) is 9.59 Å². The van der Waals surface area contributed by atoms with Crippen LogP contribution in [0.1, 0.15) is 290 Å². The lowest BCUT2D eigenvalue weighted by molar-refractivity contribution is -0.155. The highest BCUT2D eigenvalue weighted by atomic mass is 16.6. The minimum absolute atomic E-state index is 0.149. The van der Waals surface area contributed by atoms with Crippen LogP contribution in [0, 0.1) is 0 Å². The molecule has 0 aliphatic heterocycles. The van der Waals surface area contributed by atoms with Crippen LogP contribution in [0.3, 0.4) is 0 Å². The molecule has 0 aromatic rings. The molecule has 0 aromatic carbocycles. The zero-order chi connectivity index (χ0) is 46.3. The van der Waals surface area contributed by atoms with Gasteiger partial charge in [0, 0.05) is 19.4 Å². The molecule has 0 aromatic heterocycles. The molecule has 0 rings (SSSR count). The second kappa shape index (κ2) is 55.2. The van der Waals surface area contributed by atoms with Crippen LogP contribution >= 0.6 is 0 Å². The first kappa shape index (κ1) is 61.9. The van der Waals surface area contributed by atoms with Crippen LogP contribution in [0.5, 0.6) is 0 Å². The topological polar surface area (TPSA) is 61.8 Å². The van der Waals surface area contributed by atoms with Gasteiger partial charge in [0.15, 0.2) is 0 Å². The summed E-state index contributed by atoms with van der Waals surface area (Å²) in [6.45, 7) is 7.64. The van der Waals surface area contributed by atoms with Gasteiger partial charge in [-0.15, -0.1) is 0 Å². The average Bonchev–Trinajstić information content (AvgIpc) is 3.30. The Morgan fingerprint density at radius 2 is 0.641 bits per heavy atom. The third kappa shape index (κ3) is 52.5. The molecule has 0 aliphatic carbocycles. The van der Waals surface area contributed by atoms with Crippen LogP contribution in [0.25, 0.3) is 0 Å². The minimum atomic E-state index is -0.406. The van der Waals surface area contributed by atoms with E-state index in [-0.39, 0.29) is 25.2 Å². The Kier molecular flexibility index (Phi) is 53.3. The lowest BCUT2D eigenvalue weighted by Crippen LogP contribution is -2.29. The summed E-state index contributed by atoms with van der Waals surface area (Å²) in [7, 11) is 0. The standard InChI is InChI=1S/C59H108O5/c1-4-7-10-13-16-19-22-25-28-30-32-35-38-41-44-47-50-53-59(61)64-56-57(62-54-51-48-45-42-39-36-33-29-26-23-20-17-14-11-8-5-2)55-63-58(60)52-49-46-43-40-37-34-31-27-24-21-18-15-12-9-6-3/h7,10,16,19,25,28,32,35,57H,4-6,8-9,11-15,17-18,20-24,26-27,29-31,33-34,36-56H2,1-3H3/b10-7-,19-16-,28-25-,35-32-/t57-/m0/s1. The second-order valence-electron chi connectivity index (χ2n) is 18.8. The summed E-state index contributed by atoms with van der Waals surface area (Å²) in [5.41, 5.74) is 0. The molecule has 0 fully saturated rings. The summed E-state index contributed by atoms with van der Waals surface area (Å²) in [6, 6.07) is 0. The first-order chi connectivity index (χ1) is 31.6. The SMILES string of the molecule is CC/C=C\C/C=C\C/C=C\C/C=C\CCCCCCC(=O)OC[C@H](COC(=O)CCCCCCCCCCCCCCCCC)OCCCCCCCCCCCCCCCCCC. The summed E-state index contributed by atoms with van der Waals surface area (Å²) in [5.74, 6) is -0.346. The van der Waals surface area contributed by atoms with E-state index in [1.54, 1.807) is 0 Å². The Balaban J connectivity index is 4.27. The molecule has 64 heavy (non-hydrogen) atoms. The van der Waals surface area contributed by atoms with Gasteiger partial charge >= 0.3 is 11.9 Å². The minimum Gasteiger partial charge on any atom is -0.463 e. The lowest BCUT2D eigenvalue weighted by Gasteiger charge is -2.18. The normalized spacial score (nSPS) is 12.5. The summed E-state index contributed by atoms with van der Waals surface area (Å²) in [4.78, 5) is 25.3. The van der Waals surface area contributed by atoms with Crippen molar-refractivity contribution in [2.45, 2.75) is 297 Å². The number of carbonyl (C=O) groups is 2. The van der Waals surface area contributed by atoms with Crippen molar-refractivity contribution in [3.63, 3.8) is 0 Å². The molecule has 5 nitrogen and oxygen atoms in total. The number of carbonyl (C=O) groups excluding carboxylic acids is 2. The average molecular weight is 898 g/mol. The predicted octanol–water partition coefficient (Wildman–Crippen LogP) is 19.1. The van der Waals surface area contributed by atoms with E-state index in [0.29, 0.717) is 19.4 Å². The molecule has 0 unspecified atom stereocenters. The molecule has 0 N–H and O–H groups in total. The van der Waals surface area contributed by atoms with Crippen LogP contribution < -0.4 is 0 Å². The molecule has 0 spiro atoms. The number of allylic oxidation sites excluding steroid dienone is 8. The smallest absolute Gasteiger partial charge is 0.305 e. The maximum absolute atomic E-state index is 12.6. The molecule has 0 saturated carbocycles. The van der Waals surface area contributed by atoms with Gasteiger partial charge in [-0.2, -0.15) is 0 Å². The summed E-state index contributed by atoms with van der Waals surface area (Å²) < 4.78 is 17.5. The van der Waals surface area contributed by atoms with Crippen molar-refractivity contribution in [1.29, 1.82) is 0 Å². The quantitative estimate of drug-likeness (QED) is 0.0346. The number of hydrogen-bond donors (Lipinski definition) is 0. The van der Waals surface area contributed by atoms with Gasteiger partial charge in [0.1, 0.15) is 19.3 Å². The van der Waals surface area contributed by atoms with Crippen molar-refractivity contribution >= 4 is 11.9 Å². The number of unbranched alkanes of at least 4 members (excludes halogenated alkanes) is 33. The first-order valence-electron chi connectivity index (χ1n) is 28.2. The molecule has 0 heterocycles. The van der Waals surface area contributed by atoms with Gasteiger partial charge in [0.25, 0.3) is 0 Å². The fraction of sp³-hybridized carbons (Fsp3) is 0.831. The largest absolute Gasteiger partial charge is 0.463 e. The van der Waals surface area contributed by atoms with Crippen LogP contribution in [0.2, 0.25) is 0 Å². The Morgan fingerprint density at radius 1 is 0.344 bits per heavy atom. The van der Waals surface area contributed by atoms with Crippen molar-refractivity contribution in [3.05, 3.63) is 48.6 Å². The Labute approximate surface area is 399 Å². The fourth-order valence-corrected chi connectivity index (χ4v) is 8.18. The second-order valence-corrected chi connectivity index (χ2v) is 18.8. The molecule has 0 bridgehead atoms. The number of hydrogen-bond acceptors (Lipinski definition) is 5. The maximum atomic E-state index is 12.6. The zero-order valence-electron chi connectivity index (χ0n) is 43.1. The Bertz CT molecular complexity index is 1060. The molecule has 0 amide bonds.